The predicted octanol–water partition coefficient (Wildman–Crippen LogP) is 2.21. The molecule has 16 heavy (non-hydrogen) atoms. The van der Waals surface area contributed by atoms with E-state index in [1.807, 2.05) is 18.2 Å². The van der Waals surface area contributed by atoms with Crippen LogP contribution in [0.1, 0.15) is 0 Å². The fraction of sp³-hybridized carbons (Fsp3) is 0. The quantitative estimate of drug-likeness (QED) is 0.647. The Labute approximate surface area is 92.2 Å². The van der Waals surface area contributed by atoms with Gasteiger partial charge in [0.2, 0.25) is 0 Å². The standard InChI is InChI=1S/C12H10N4/c13-10-4-5-14-6-9(10)8-2-1-3-11-12(8)16-7-15-11/h1-7H,(H2,13,14)(H,15,16). The molecule has 0 aliphatic heterocycles. The number of nitrogens with two attached hydrogens (primary N) is 1. The predicted molar refractivity (Wildman–Crippen MR) is 63.7 cm³/mol. The second-order valence-electron chi connectivity index (χ2n) is 3.57. The summed E-state index contributed by atoms with van der Waals surface area (Å²) in [6.45, 7) is 0. The molecule has 0 saturated carbocycles. The minimum atomic E-state index is 0.713. The summed E-state index contributed by atoms with van der Waals surface area (Å²) in [5, 5.41) is 0. The van der Waals surface area contributed by atoms with Crippen molar-refractivity contribution < 1.29 is 0 Å². The second kappa shape index (κ2) is 3.34. The van der Waals surface area contributed by atoms with Gasteiger partial charge in [-0.05, 0) is 12.1 Å². The first-order chi connectivity index (χ1) is 7.86. The highest BCUT2D eigenvalue weighted by Crippen LogP contribution is 2.29. The topological polar surface area (TPSA) is 67.6 Å². The van der Waals surface area contributed by atoms with E-state index in [1.165, 1.54) is 0 Å². The molecule has 0 fully saturated rings. The summed E-state index contributed by atoms with van der Waals surface area (Å²) in [4.78, 5) is 11.5. The van der Waals surface area contributed by atoms with Crippen LogP contribution in [0.25, 0.3) is 22.2 Å². The molecule has 0 spiro atoms. The highest BCUT2D eigenvalue weighted by atomic mass is 14.9. The van der Waals surface area contributed by atoms with Gasteiger partial charge in [-0.3, -0.25) is 4.98 Å². The van der Waals surface area contributed by atoms with Crippen LogP contribution in [0, 0.1) is 0 Å². The zero-order chi connectivity index (χ0) is 11.0. The number of rotatable bonds is 1. The van der Waals surface area contributed by atoms with Crippen molar-refractivity contribution in [2.24, 2.45) is 0 Å². The molecule has 1 aromatic carbocycles. The fourth-order valence-electron chi connectivity index (χ4n) is 1.81. The van der Waals surface area contributed by atoms with E-state index in [0.717, 1.165) is 22.2 Å². The van der Waals surface area contributed by atoms with Gasteiger partial charge in [0, 0.05) is 29.2 Å². The SMILES string of the molecule is Nc1ccncc1-c1cccc2[nH]cnc12. The third kappa shape index (κ3) is 1.24. The molecule has 3 N–H and O–H groups in total. The molecule has 4 heteroatoms. The lowest BCUT2D eigenvalue weighted by atomic mass is 10.0. The number of H-pyrrole nitrogens is 1. The van der Waals surface area contributed by atoms with E-state index in [-0.39, 0.29) is 0 Å². The van der Waals surface area contributed by atoms with Crippen LogP contribution in [0.5, 0.6) is 0 Å². The van der Waals surface area contributed by atoms with Crippen LogP contribution in [0.4, 0.5) is 5.69 Å². The number of nitrogen functional groups attached to an aromatic ring is 1. The maximum Gasteiger partial charge on any atom is 0.0962 e. The summed E-state index contributed by atoms with van der Waals surface area (Å²) in [6.07, 6.45) is 5.13. The molecule has 0 radical (unpaired) electrons. The molecule has 3 aromatic rings. The molecule has 78 valence electrons. The van der Waals surface area contributed by atoms with E-state index in [2.05, 4.69) is 15.0 Å². The zero-order valence-corrected chi connectivity index (χ0v) is 8.51. The molecule has 3 rings (SSSR count). The number of hydrogen-bond donors (Lipinski definition) is 2. The molecule has 0 aliphatic rings. The van der Waals surface area contributed by atoms with E-state index in [0.29, 0.717) is 5.69 Å². The normalized spacial score (nSPS) is 10.8. The highest BCUT2D eigenvalue weighted by Gasteiger charge is 2.08. The number of pyridine rings is 1. The van der Waals surface area contributed by atoms with Crippen molar-refractivity contribution in [2.45, 2.75) is 0 Å². The first kappa shape index (κ1) is 8.91. The summed E-state index contributed by atoms with van der Waals surface area (Å²) in [7, 11) is 0. The van der Waals surface area contributed by atoms with Crippen LogP contribution in [-0.4, -0.2) is 15.0 Å². The highest BCUT2D eigenvalue weighted by molar-refractivity contribution is 5.94. The monoisotopic (exact) mass is 210 g/mol. The van der Waals surface area contributed by atoms with Crippen molar-refractivity contribution in [1.82, 2.24) is 15.0 Å². The number of anilines is 1. The van der Waals surface area contributed by atoms with Gasteiger partial charge in [0.15, 0.2) is 0 Å². The second-order valence-corrected chi connectivity index (χ2v) is 3.57. The third-order valence-electron chi connectivity index (χ3n) is 2.59. The van der Waals surface area contributed by atoms with E-state index < -0.39 is 0 Å². The van der Waals surface area contributed by atoms with Crippen LogP contribution in [0.2, 0.25) is 0 Å². The maximum atomic E-state index is 5.93. The third-order valence-corrected chi connectivity index (χ3v) is 2.59. The molecule has 0 atom stereocenters. The van der Waals surface area contributed by atoms with Crippen molar-refractivity contribution in [3.8, 4) is 11.1 Å². The lowest BCUT2D eigenvalue weighted by Gasteiger charge is -2.05. The summed E-state index contributed by atoms with van der Waals surface area (Å²) < 4.78 is 0. The average molecular weight is 210 g/mol. The number of para-hydroxylation sites is 1. The number of aromatic amines is 1. The molecule has 0 unspecified atom stereocenters. The van der Waals surface area contributed by atoms with Crippen molar-refractivity contribution in [2.75, 3.05) is 5.73 Å². The van der Waals surface area contributed by atoms with Crippen molar-refractivity contribution in [1.29, 1.82) is 0 Å². The number of aromatic nitrogens is 3. The number of nitrogens with one attached hydrogen (secondary N) is 1. The van der Waals surface area contributed by atoms with Gasteiger partial charge in [-0.15, -0.1) is 0 Å². The molecule has 4 nitrogen and oxygen atoms in total. The van der Waals surface area contributed by atoms with Crippen LogP contribution >= 0.6 is 0 Å². The van der Waals surface area contributed by atoms with Gasteiger partial charge in [0.1, 0.15) is 0 Å². The summed E-state index contributed by atoms with van der Waals surface area (Å²) in [5.41, 5.74) is 10.5. The molecule has 2 heterocycles. The Morgan fingerprint density at radius 2 is 2.06 bits per heavy atom. The largest absolute Gasteiger partial charge is 0.398 e. The molecule has 0 saturated heterocycles. The van der Waals surface area contributed by atoms with Gasteiger partial charge in [-0.2, -0.15) is 0 Å². The number of hydrogen-bond acceptors (Lipinski definition) is 3. The molecule has 0 bridgehead atoms. The van der Waals surface area contributed by atoms with Crippen LogP contribution in [-0.2, 0) is 0 Å². The Morgan fingerprint density at radius 3 is 2.94 bits per heavy atom. The Kier molecular flexibility index (Phi) is 1.86. The zero-order valence-electron chi connectivity index (χ0n) is 8.51. The van der Waals surface area contributed by atoms with Crippen LogP contribution in [0.15, 0.2) is 43.0 Å². The summed E-state index contributed by atoms with van der Waals surface area (Å²) >= 11 is 0. The number of fused-ring (bicyclic) bond motifs is 1. The van der Waals surface area contributed by atoms with Crippen LogP contribution < -0.4 is 5.73 Å². The van der Waals surface area contributed by atoms with Gasteiger partial charge in [0.25, 0.3) is 0 Å². The first-order valence-corrected chi connectivity index (χ1v) is 4.98. The lowest BCUT2D eigenvalue weighted by molar-refractivity contribution is 1.33. The minimum Gasteiger partial charge on any atom is -0.398 e. The first-order valence-electron chi connectivity index (χ1n) is 4.98. The molecular weight excluding hydrogens is 200 g/mol. The Bertz CT molecular complexity index is 642. The fourth-order valence-corrected chi connectivity index (χ4v) is 1.81. The van der Waals surface area contributed by atoms with Gasteiger partial charge in [0.05, 0.1) is 17.4 Å². The van der Waals surface area contributed by atoms with E-state index in [1.54, 1.807) is 24.8 Å². The summed E-state index contributed by atoms with van der Waals surface area (Å²) in [5.74, 6) is 0. The Hall–Kier alpha value is -2.36. The smallest absolute Gasteiger partial charge is 0.0962 e. The van der Waals surface area contributed by atoms with Gasteiger partial charge in [-0.1, -0.05) is 12.1 Å². The molecular formula is C12H10N4. The van der Waals surface area contributed by atoms with E-state index in [9.17, 15) is 0 Å². The Balaban J connectivity index is 2.34. The molecule has 0 aliphatic carbocycles. The Morgan fingerprint density at radius 1 is 1.12 bits per heavy atom. The van der Waals surface area contributed by atoms with Crippen molar-refractivity contribution in [3.63, 3.8) is 0 Å². The van der Waals surface area contributed by atoms with Crippen LogP contribution in [0.3, 0.4) is 0 Å². The van der Waals surface area contributed by atoms with Gasteiger partial charge in [-0.25, -0.2) is 4.98 Å². The van der Waals surface area contributed by atoms with Crippen molar-refractivity contribution >= 4 is 16.7 Å². The van der Waals surface area contributed by atoms with E-state index >= 15 is 0 Å². The van der Waals surface area contributed by atoms with E-state index in [4.69, 9.17) is 5.73 Å². The van der Waals surface area contributed by atoms with Gasteiger partial charge >= 0.3 is 0 Å². The average Bonchev–Trinajstić information content (AvgIpc) is 2.77. The maximum absolute atomic E-state index is 5.93. The molecule has 2 aromatic heterocycles. The lowest BCUT2D eigenvalue weighted by Crippen LogP contribution is -1.91. The number of benzene rings is 1. The minimum absolute atomic E-state index is 0.713. The van der Waals surface area contributed by atoms with Gasteiger partial charge < -0.3 is 10.7 Å². The van der Waals surface area contributed by atoms with Crippen molar-refractivity contribution in [3.05, 3.63) is 43.0 Å². The number of imidazole rings is 1. The summed E-state index contributed by atoms with van der Waals surface area (Å²) in [6, 6.07) is 7.75. The number of nitrogens with zero attached hydrogens (tertiary/aromatic N) is 2. The molecule has 0 amide bonds.